The number of fused-ring (bicyclic) bond motifs is 1. The van der Waals surface area contributed by atoms with E-state index in [9.17, 15) is 23.6 Å². The van der Waals surface area contributed by atoms with Crippen molar-refractivity contribution in [2.24, 2.45) is 22.8 Å². The number of carbonyl (C=O) groups is 4. The smallest absolute Gasteiger partial charge is 0.250 e. The Morgan fingerprint density at radius 3 is 2.23 bits per heavy atom. The van der Waals surface area contributed by atoms with E-state index in [-0.39, 0.29) is 53.7 Å². The lowest BCUT2D eigenvalue weighted by atomic mass is 9.97. The van der Waals surface area contributed by atoms with Gasteiger partial charge >= 0.3 is 0 Å². The molecule has 3 heterocycles. The summed E-state index contributed by atoms with van der Waals surface area (Å²) in [7, 11) is 5.61. The SMILES string of the molecule is C/C=C(/F)C1=C(/C=C/c2ccc(C=O)c(/C=C\N(C)CC(=N)/C=C\NNC3=Nc4cc(-c5ccc(C=O)c(/C=C\N(C)Cc6nccn6C)c5)cc(F)c4C=C(C(=O)N(CCC)CCC)C3)c2)N=C(N)CC(C=O)=C1. The van der Waals surface area contributed by atoms with Crippen LogP contribution in [0, 0.1) is 11.2 Å². The number of rotatable bonds is 23. The Hall–Kier alpha value is -8.86. The molecule has 4 aromatic rings. The van der Waals surface area contributed by atoms with Gasteiger partial charge < -0.3 is 35.8 Å². The van der Waals surface area contributed by atoms with Gasteiger partial charge in [0.2, 0.25) is 5.91 Å². The molecule has 0 saturated heterocycles. The Kier molecular flexibility index (Phi) is 19.8. The van der Waals surface area contributed by atoms with Crippen molar-refractivity contribution in [1.29, 1.82) is 5.41 Å². The summed E-state index contributed by atoms with van der Waals surface area (Å²) in [6.45, 7) is 7.34. The van der Waals surface area contributed by atoms with Crippen LogP contribution in [0.3, 0.4) is 0 Å². The van der Waals surface area contributed by atoms with Crippen molar-refractivity contribution in [2.45, 2.75) is 53.0 Å². The lowest BCUT2D eigenvalue weighted by molar-refractivity contribution is -0.127. The first-order chi connectivity index (χ1) is 36.2. The van der Waals surface area contributed by atoms with Gasteiger partial charge in [0.25, 0.3) is 0 Å². The molecule has 5 N–H and O–H groups in total. The van der Waals surface area contributed by atoms with Crippen molar-refractivity contribution in [3.05, 3.63) is 177 Å². The van der Waals surface area contributed by atoms with Crippen LogP contribution in [-0.4, -0.2) is 100 Å². The fraction of sp³-hybridized carbons (Fsp3) is 0.241. The van der Waals surface area contributed by atoms with E-state index < -0.39 is 11.6 Å². The molecule has 0 saturated carbocycles. The normalized spacial score (nSPS) is 14.0. The molecule has 0 spiro atoms. The van der Waals surface area contributed by atoms with Crippen LogP contribution < -0.4 is 16.6 Å². The first-order valence-electron chi connectivity index (χ1n) is 24.5. The van der Waals surface area contributed by atoms with E-state index in [2.05, 4.69) is 20.8 Å². The second kappa shape index (κ2) is 26.7. The minimum atomic E-state index is -0.567. The number of aryl methyl sites for hydroxylation is 1. The number of amides is 1. The number of imidazole rings is 1. The quantitative estimate of drug-likeness (QED) is 0.0316. The zero-order chi connectivity index (χ0) is 54.0. The van der Waals surface area contributed by atoms with Crippen molar-refractivity contribution in [3.8, 4) is 11.1 Å². The molecule has 388 valence electrons. The number of nitrogens with zero attached hydrogens (tertiary/aromatic N) is 7. The van der Waals surface area contributed by atoms with Crippen LogP contribution in [0.25, 0.3) is 35.4 Å². The number of halogens is 2. The lowest BCUT2D eigenvalue weighted by Gasteiger charge is -2.23. The molecular weight excluding hydrogens is 953 g/mol. The van der Waals surface area contributed by atoms with Crippen LogP contribution in [0.15, 0.2) is 142 Å². The molecule has 2 aliphatic heterocycles. The standard InChI is InChI=1S/C58H63F2N11O4/c1-7-21-71(22-8-2)58(75)47-30-50-52(60)31-46(41-13-14-45(38-74)43(29-41)18-24-69(5)35-57-63-20-25-70(57)6)32-54(50)66-56(33-47)67-64-19-16-48(61)34-68(4)23-17-42-26-39(10-12-44(42)37-73)11-15-53-49(51(59)9-3)27-40(36-72)28-55(62)65-53/h9-20,23-27,29-32,36-38,61,64H,7-8,21-22,28,33-35H2,1-6H3,(H2,62,65)(H,66,67)/b15-11+,19-16-,23-17-,24-18-,51-9+,61-48?. The number of aromatic nitrogens is 2. The van der Waals surface area contributed by atoms with E-state index in [1.807, 2.05) is 61.9 Å². The molecule has 75 heavy (non-hydrogen) atoms. The topological polar surface area (TPSA) is 194 Å². The Balaban J connectivity index is 1.18. The van der Waals surface area contributed by atoms with Crippen molar-refractivity contribution < 1.29 is 28.0 Å². The summed E-state index contributed by atoms with van der Waals surface area (Å²) in [5.74, 6) is 0.0299. The molecule has 0 atom stereocenters. The summed E-state index contributed by atoms with van der Waals surface area (Å²) in [5, 5.41) is 8.68. The molecule has 0 unspecified atom stereocenters. The van der Waals surface area contributed by atoms with E-state index in [4.69, 9.17) is 16.1 Å². The highest BCUT2D eigenvalue weighted by Gasteiger charge is 2.24. The fourth-order valence-electron chi connectivity index (χ4n) is 8.20. The van der Waals surface area contributed by atoms with Gasteiger partial charge in [0, 0.05) is 99.1 Å². The van der Waals surface area contributed by atoms with Gasteiger partial charge in [-0.1, -0.05) is 50.3 Å². The van der Waals surface area contributed by atoms with Crippen LogP contribution in [0.5, 0.6) is 0 Å². The predicted molar refractivity (Wildman–Crippen MR) is 296 cm³/mol. The van der Waals surface area contributed by atoms with Crippen molar-refractivity contribution >= 4 is 72.1 Å². The third kappa shape index (κ3) is 15.1. The second-order valence-electron chi connectivity index (χ2n) is 18.0. The number of hydrogen-bond acceptors (Lipinski definition) is 13. The van der Waals surface area contributed by atoms with Gasteiger partial charge in [-0.25, -0.2) is 23.7 Å². The summed E-state index contributed by atoms with van der Waals surface area (Å²) >= 11 is 0. The molecule has 0 radical (unpaired) electrons. The maximum atomic E-state index is 16.4. The van der Waals surface area contributed by atoms with Gasteiger partial charge in [-0.3, -0.25) is 24.6 Å². The summed E-state index contributed by atoms with van der Waals surface area (Å²) in [5.41, 5.74) is 17.8. The minimum Gasteiger partial charge on any atom is -0.387 e. The van der Waals surface area contributed by atoms with Crippen LogP contribution in [0.4, 0.5) is 14.5 Å². The Bertz CT molecular complexity index is 3130. The minimum absolute atomic E-state index is 0.0579. The van der Waals surface area contributed by atoms with Crippen molar-refractivity contribution in [3.63, 3.8) is 0 Å². The monoisotopic (exact) mass is 1020 g/mol. The molecule has 1 amide bonds. The van der Waals surface area contributed by atoms with Crippen molar-refractivity contribution in [2.75, 3.05) is 33.7 Å². The molecule has 3 aromatic carbocycles. The molecular formula is C58H63F2N11O4. The molecule has 0 aliphatic carbocycles. The number of hydrogen-bond donors (Lipinski definition) is 4. The highest BCUT2D eigenvalue weighted by Crippen LogP contribution is 2.35. The van der Waals surface area contributed by atoms with Crippen LogP contribution in [-0.2, 0) is 23.2 Å². The highest BCUT2D eigenvalue weighted by atomic mass is 19.1. The molecule has 1 aromatic heterocycles. The number of carbonyl (C=O) groups excluding carboxylic acids is 4. The molecule has 0 fully saturated rings. The Morgan fingerprint density at radius 1 is 0.853 bits per heavy atom. The zero-order valence-electron chi connectivity index (χ0n) is 43.1. The number of aliphatic imine (C=N–C) groups is 2. The summed E-state index contributed by atoms with van der Waals surface area (Å²) in [6, 6.07) is 13.6. The number of amidine groups is 2. The van der Waals surface area contributed by atoms with E-state index >= 15 is 4.39 Å². The summed E-state index contributed by atoms with van der Waals surface area (Å²) < 4.78 is 33.2. The van der Waals surface area contributed by atoms with E-state index in [1.54, 1.807) is 103 Å². The van der Waals surface area contributed by atoms with Gasteiger partial charge in [-0.2, -0.15) is 0 Å². The van der Waals surface area contributed by atoms with Crippen LogP contribution in [0.2, 0.25) is 0 Å². The predicted octanol–water partition coefficient (Wildman–Crippen LogP) is 9.68. The maximum absolute atomic E-state index is 16.4. The molecule has 2 aliphatic rings. The fourth-order valence-corrected chi connectivity index (χ4v) is 8.20. The maximum Gasteiger partial charge on any atom is 0.250 e. The van der Waals surface area contributed by atoms with Gasteiger partial charge in [0.05, 0.1) is 30.2 Å². The number of nitrogens with two attached hydrogens (primary N) is 1. The van der Waals surface area contributed by atoms with Crippen LogP contribution in [0.1, 0.15) is 95.2 Å². The average Bonchev–Trinajstić information content (AvgIpc) is 3.60. The van der Waals surface area contributed by atoms with Gasteiger partial charge in [-0.15, -0.1) is 0 Å². The second-order valence-corrected chi connectivity index (χ2v) is 18.0. The van der Waals surface area contributed by atoms with E-state index in [1.165, 1.54) is 24.4 Å². The highest BCUT2D eigenvalue weighted by molar-refractivity contribution is 6.06. The first-order valence-corrected chi connectivity index (χ1v) is 24.5. The number of hydrazine groups is 1. The number of nitrogens with one attached hydrogen (secondary N) is 3. The third-order valence-corrected chi connectivity index (χ3v) is 12.1. The van der Waals surface area contributed by atoms with E-state index in [0.717, 1.165) is 31.2 Å². The summed E-state index contributed by atoms with van der Waals surface area (Å²) in [4.78, 5) is 68.8. The van der Waals surface area contributed by atoms with E-state index in [0.29, 0.717) is 87.5 Å². The van der Waals surface area contributed by atoms with Gasteiger partial charge in [0.15, 0.2) is 12.6 Å². The Morgan fingerprint density at radius 2 is 1.56 bits per heavy atom. The van der Waals surface area contributed by atoms with Crippen molar-refractivity contribution in [1.82, 2.24) is 35.1 Å². The molecule has 6 rings (SSSR count). The lowest BCUT2D eigenvalue weighted by Crippen LogP contribution is -2.37. The summed E-state index contributed by atoms with van der Waals surface area (Å²) in [6.07, 6.45) is 25.2. The number of aldehydes is 3. The zero-order valence-corrected chi connectivity index (χ0v) is 43.1. The van der Waals surface area contributed by atoms with Gasteiger partial charge in [-0.05, 0) is 121 Å². The average molecular weight is 1020 g/mol. The van der Waals surface area contributed by atoms with Crippen LogP contribution >= 0.6 is 0 Å². The molecule has 0 bridgehead atoms. The Labute approximate surface area is 436 Å². The number of allylic oxidation sites excluding steroid dienone is 5. The number of benzene rings is 3. The largest absolute Gasteiger partial charge is 0.387 e. The molecule has 17 heteroatoms. The molecule has 15 nitrogen and oxygen atoms in total. The van der Waals surface area contributed by atoms with Gasteiger partial charge in [0.1, 0.15) is 35.4 Å². The third-order valence-electron chi connectivity index (χ3n) is 12.1. The first kappa shape index (κ1) is 55.5.